The van der Waals surface area contributed by atoms with E-state index in [1.54, 1.807) is 50.4 Å². The highest BCUT2D eigenvalue weighted by Crippen LogP contribution is 2.27. The average Bonchev–Trinajstić information content (AvgIpc) is 2.73. The van der Waals surface area contributed by atoms with Crippen LogP contribution in [0.15, 0.2) is 78.9 Å². The smallest absolute Gasteiger partial charge is 0.203 e. The Morgan fingerprint density at radius 2 is 1.48 bits per heavy atom. The second-order valence-corrected chi connectivity index (χ2v) is 6.07. The van der Waals surface area contributed by atoms with E-state index < -0.39 is 6.10 Å². The van der Waals surface area contributed by atoms with Crippen molar-refractivity contribution in [2.24, 2.45) is 0 Å². The Morgan fingerprint density at radius 1 is 0.852 bits per heavy atom. The van der Waals surface area contributed by atoms with Crippen LogP contribution in [0.4, 0.5) is 0 Å². The fourth-order valence-electron chi connectivity index (χ4n) is 2.65. The largest absolute Gasteiger partial charge is 0.493 e. The number of rotatable bonds is 8. The maximum Gasteiger partial charge on any atom is 0.203 e. The Morgan fingerprint density at radius 3 is 2.15 bits per heavy atom. The van der Waals surface area contributed by atoms with Crippen LogP contribution in [0.3, 0.4) is 0 Å². The van der Waals surface area contributed by atoms with Gasteiger partial charge in [0.1, 0.15) is 12.4 Å². The molecule has 0 saturated heterocycles. The summed E-state index contributed by atoms with van der Waals surface area (Å²) in [5.74, 6) is 1.76. The van der Waals surface area contributed by atoms with Crippen LogP contribution >= 0.6 is 0 Å². The molecule has 0 aliphatic heterocycles. The van der Waals surface area contributed by atoms with Gasteiger partial charge in [0, 0.05) is 5.56 Å². The number of Topliss-reactive ketones (excluding diaryl/α,β-unsaturated/α-hetero) is 1. The molecule has 27 heavy (non-hydrogen) atoms. The quantitative estimate of drug-likeness (QED) is 0.533. The maximum absolute atomic E-state index is 12.6. The predicted octanol–water partition coefficient (Wildman–Crippen LogP) is 4.92. The maximum atomic E-state index is 12.6. The number of methoxy groups -OCH3 is 1. The highest BCUT2D eigenvalue weighted by atomic mass is 16.5. The Bertz CT molecular complexity index is 872. The molecule has 3 rings (SSSR count). The van der Waals surface area contributed by atoms with Crippen molar-refractivity contribution in [3.05, 3.63) is 90.0 Å². The third-order valence-corrected chi connectivity index (χ3v) is 4.13. The van der Waals surface area contributed by atoms with Gasteiger partial charge >= 0.3 is 0 Å². The van der Waals surface area contributed by atoms with Gasteiger partial charge in [-0.1, -0.05) is 42.5 Å². The normalized spacial score (nSPS) is 11.5. The van der Waals surface area contributed by atoms with E-state index >= 15 is 0 Å². The molecular formula is C23H22O4. The minimum absolute atomic E-state index is 0.101. The van der Waals surface area contributed by atoms with E-state index in [2.05, 4.69) is 0 Å². The first-order chi connectivity index (χ1) is 13.2. The number of benzene rings is 3. The van der Waals surface area contributed by atoms with Gasteiger partial charge in [0.05, 0.1) is 7.11 Å². The standard InChI is InChI=1S/C23H22O4/c1-17(27-22-11-7-6-10-21(22)25-2)23(24)19-12-14-20(15-13-19)26-16-18-8-4-3-5-9-18/h3-15,17H,16H2,1-2H3. The summed E-state index contributed by atoms with van der Waals surface area (Å²) in [6, 6.07) is 24.3. The van der Waals surface area contributed by atoms with Crippen LogP contribution in [-0.2, 0) is 6.61 Å². The van der Waals surface area contributed by atoms with Crippen LogP contribution in [0.1, 0.15) is 22.8 Å². The van der Waals surface area contributed by atoms with Crippen LogP contribution < -0.4 is 14.2 Å². The molecule has 0 aromatic heterocycles. The van der Waals surface area contributed by atoms with Gasteiger partial charge in [0.25, 0.3) is 0 Å². The van der Waals surface area contributed by atoms with E-state index in [4.69, 9.17) is 14.2 Å². The third kappa shape index (κ3) is 4.88. The molecule has 0 N–H and O–H groups in total. The minimum Gasteiger partial charge on any atom is -0.493 e. The zero-order valence-electron chi connectivity index (χ0n) is 15.4. The Hall–Kier alpha value is -3.27. The summed E-state index contributed by atoms with van der Waals surface area (Å²) >= 11 is 0. The molecule has 4 heteroatoms. The first-order valence-electron chi connectivity index (χ1n) is 8.78. The Labute approximate surface area is 159 Å². The van der Waals surface area contributed by atoms with Gasteiger partial charge < -0.3 is 14.2 Å². The van der Waals surface area contributed by atoms with Crippen molar-refractivity contribution in [1.29, 1.82) is 0 Å². The second-order valence-electron chi connectivity index (χ2n) is 6.07. The van der Waals surface area contributed by atoms with Gasteiger partial charge in [-0.05, 0) is 48.9 Å². The summed E-state index contributed by atoms with van der Waals surface area (Å²) in [5.41, 5.74) is 1.67. The first-order valence-corrected chi connectivity index (χ1v) is 8.78. The predicted molar refractivity (Wildman–Crippen MR) is 105 cm³/mol. The molecular weight excluding hydrogens is 340 g/mol. The number of hydrogen-bond donors (Lipinski definition) is 0. The van der Waals surface area contributed by atoms with Crippen LogP contribution in [-0.4, -0.2) is 19.0 Å². The highest BCUT2D eigenvalue weighted by Gasteiger charge is 2.18. The fourth-order valence-corrected chi connectivity index (χ4v) is 2.65. The third-order valence-electron chi connectivity index (χ3n) is 4.13. The first kappa shape index (κ1) is 18.5. The van der Waals surface area contributed by atoms with E-state index in [0.29, 0.717) is 29.4 Å². The SMILES string of the molecule is COc1ccccc1OC(C)C(=O)c1ccc(OCc2ccccc2)cc1. The van der Waals surface area contributed by atoms with Gasteiger partial charge in [-0.3, -0.25) is 4.79 Å². The molecule has 1 unspecified atom stereocenters. The Kier molecular flexibility index (Phi) is 6.10. The molecule has 0 amide bonds. The lowest BCUT2D eigenvalue weighted by Gasteiger charge is -2.16. The molecule has 0 fully saturated rings. The zero-order valence-corrected chi connectivity index (χ0v) is 15.4. The highest BCUT2D eigenvalue weighted by molar-refractivity contribution is 5.99. The van der Waals surface area contributed by atoms with E-state index in [1.807, 2.05) is 42.5 Å². The van der Waals surface area contributed by atoms with Crippen molar-refractivity contribution in [1.82, 2.24) is 0 Å². The van der Waals surface area contributed by atoms with Crippen LogP contribution in [0.5, 0.6) is 17.2 Å². The molecule has 3 aromatic carbocycles. The van der Waals surface area contributed by atoms with Crippen LogP contribution in [0.25, 0.3) is 0 Å². The van der Waals surface area contributed by atoms with Gasteiger partial charge in [-0.2, -0.15) is 0 Å². The summed E-state index contributed by atoms with van der Waals surface area (Å²) in [4.78, 5) is 12.6. The van der Waals surface area contributed by atoms with E-state index in [1.165, 1.54) is 0 Å². The van der Waals surface area contributed by atoms with E-state index in [0.717, 1.165) is 5.56 Å². The van der Waals surface area contributed by atoms with Crippen molar-refractivity contribution >= 4 is 5.78 Å². The molecule has 0 aliphatic rings. The second kappa shape index (κ2) is 8.90. The van der Waals surface area contributed by atoms with Crippen molar-refractivity contribution < 1.29 is 19.0 Å². The van der Waals surface area contributed by atoms with Crippen LogP contribution in [0.2, 0.25) is 0 Å². The van der Waals surface area contributed by atoms with Crippen molar-refractivity contribution in [2.75, 3.05) is 7.11 Å². The summed E-state index contributed by atoms with van der Waals surface area (Å²) in [6.45, 7) is 2.22. The molecule has 1 atom stereocenters. The zero-order chi connectivity index (χ0) is 19.1. The van der Waals surface area contributed by atoms with Gasteiger partial charge in [-0.15, -0.1) is 0 Å². The lowest BCUT2D eigenvalue weighted by atomic mass is 10.1. The van der Waals surface area contributed by atoms with E-state index in [9.17, 15) is 4.79 Å². The molecule has 0 saturated carbocycles. The number of hydrogen-bond acceptors (Lipinski definition) is 4. The number of carbonyl (C=O) groups excluding carboxylic acids is 1. The summed E-state index contributed by atoms with van der Waals surface area (Å²) in [7, 11) is 1.57. The summed E-state index contributed by atoms with van der Waals surface area (Å²) in [6.07, 6.45) is -0.627. The monoisotopic (exact) mass is 362 g/mol. The molecule has 3 aromatic rings. The number of ketones is 1. The van der Waals surface area contributed by atoms with Crippen molar-refractivity contribution in [3.63, 3.8) is 0 Å². The lowest BCUT2D eigenvalue weighted by Crippen LogP contribution is -2.24. The fraction of sp³-hybridized carbons (Fsp3) is 0.174. The lowest BCUT2D eigenvalue weighted by molar-refractivity contribution is 0.0814. The molecule has 0 heterocycles. The van der Waals surface area contributed by atoms with Gasteiger partial charge in [-0.25, -0.2) is 0 Å². The molecule has 0 spiro atoms. The minimum atomic E-state index is -0.627. The average molecular weight is 362 g/mol. The molecule has 0 radical (unpaired) electrons. The van der Waals surface area contributed by atoms with E-state index in [-0.39, 0.29) is 5.78 Å². The summed E-state index contributed by atoms with van der Waals surface area (Å²) in [5, 5.41) is 0. The van der Waals surface area contributed by atoms with Gasteiger partial charge in [0.2, 0.25) is 5.78 Å². The Balaban J connectivity index is 1.61. The number of ether oxygens (including phenoxy) is 3. The summed E-state index contributed by atoms with van der Waals surface area (Å²) < 4.78 is 16.8. The molecule has 0 bridgehead atoms. The number of para-hydroxylation sites is 2. The van der Waals surface area contributed by atoms with Crippen molar-refractivity contribution in [3.8, 4) is 17.2 Å². The molecule has 4 nitrogen and oxygen atoms in total. The van der Waals surface area contributed by atoms with Gasteiger partial charge in [0.15, 0.2) is 17.6 Å². The molecule has 0 aliphatic carbocycles. The van der Waals surface area contributed by atoms with Crippen molar-refractivity contribution in [2.45, 2.75) is 19.6 Å². The van der Waals surface area contributed by atoms with Crippen LogP contribution in [0, 0.1) is 0 Å². The molecule has 138 valence electrons. The topological polar surface area (TPSA) is 44.8 Å². The number of carbonyl (C=O) groups is 1.